The number of urea groups is 1. The fourth-order valence-corrected chi connectivity index (χ4v) is 3.50. The topological polar surface area (TPSA) is 44.4 Å². The van der Waals surface area contributed by atoms with Gasteiger partial charge in [-0.25, -0.2) is 9.18 Å². The number of amides is 2. The maximum Gasteiger partial charge on any atom is 0.315 e. The summed E-state index contributed by atoms with van der Waals surface area (Å²) in [5.74, 6) is 0.257. The normalized spacial score (nSPS) is 15.5. The van der Waals surface area contributed by atoms with Crippen molar-refractivity contribution >= 4 is 6.03 Å². The van der Waals surface area contributed by atoms with Gasteiger partial charge in [-0.05, 0) is 62.0 Å². The molecule has 3 rings (SSSR count). The van der Waals surface area contributed by atoms with Crippen LogP contribution in [0.5, 0.6) is 0 Å². The van der Waals surface area contributed by atoms with Crippen LogP contribution in [0.1, 0.15) is 29.5 Å². The minimum atomic E-state index is -0.267. The van der Waals surface area contributed by atoms with Gasteiger partial charge in [0.25, 0.3) is 0 Å². The summed E-state index contributed by atoms with van der Waals surface area (Å²) in [4.78, 5) is 14.4. The number of likely N-dealkylation sites (tertiary alicyclic amines) is 1. The molecule has 0 saturated carbocycles. The quantitative estimate of drug-likeness (QED) is 0.812. The molecule has 5 heteroatoms. The highest BCUT2D eigenvalue weighted by atomic mass is 19.1. The molecule has 2 N–H and O–H groups in total. The van der Waals surface area contributed by atoms with Crippen molar-refractivity contribution in [2.75, 3.05) is 19.6 Å². The van der Waals surface area contributed by atoms with Gasteiger partial charge >= 0.3 is 6.03 Å². The number of halogens is 1. The van der Waals surface area contributed by atoms with Gasteiger partial charge in [0.15, 0.2) is 0 Å². The first kappa shape index (κ1) is 19.4. The molecule has 4 nitrogen and oxygen atoms in total. The van der Waals surface area contributed by atoms with Crippen molar-refractivity contribution in [2.45, 2.75) is 32.9 Å². The first-order valence-electron chi connectivity index (χ1n) is 9.62. The molecule has 27 heavy (non-hydrogen) atoms. The summed E-state index contributed by atoms with van der Waals surface area (Å²) in [6.45, 7) is 6.37. The summed E-state index contributed by atoms with van der Waals surface area (Å²) in [5, 5.41) is 5.79. The number of hydrogen-bond donors (Lipinski definition) is 2. The summed E-state index contributed by atoms with van der Waals surface area (Å²) in [5.41, 5.74) is 3.56. The third kappa shape index (κ3) is 6.36. The highest BCUT2D eigenvalue weighted by Crippen LogP contribution is 2.18. The number of carbonyl (C=O) groups excluding carboxylic acids is 1. The van der Waals surface area contributed by atoms with E-state index in [2.05, 4.69) is 46.7 Å². The lowest BCUT2D eigenvalue weighted by Gasteiger charge is -2.32. The third-order valence-corrected chi connectivity index (χ3v) is 5.11. The monoisotopic (exact) mass is 369 g/mol. The summed E-state index contributed by atoms with van der Waals surface area (Å²) in [6, 6.07) is 14.7. The van der Waals surface area contributed by atoms with E-state index in [9.17, 15) is 9.18 Å². The summed E-state index contributed by atoms with van der Waals surface area (Å²) >= 11 is 0. The van der Waals surface area contributed by atoms with Crippen LogP contribution in [0.4, 0.5) is 9.18 Å². The largest absolute Gasteiger partial charge is 0.338 e. The van der Waals surface area contributed by atoms with Crippen LogP contribution in [0.15, 0.2) is 48.5 Å². The number of rotatable bonds is 6. The van der Waals surface area contributed by atoms with Crippen LogP contribution < -0.4 is 10.6 Å². The number of carbonyl (C=O) groups is 1. The highest BCUT2D eigenvalue weighted by molar-refractivity contribution is 5.73. The summed E-state index contributed by atoms with van der Waals surface area (Å²) < 4.78 is 12.9. The van der Waals surface area contributed by atoms with Crippen molar-refractivity contribution in [1.82, 2.24) is 15.5 Å². The standard InChI is InChI=1S/C22H28FN3O/c1-17-3-2-4-20(13-17)16-26-11-9-19(10-12-26)15-25-22(27)24-14-18-5-7-21(23)8-6-18/h2-8,13,19H,9-12,14-16H2,1H3,(H2,24,25,27). The molecule has 1 heterocycles. The molecule has 0 spiro atoms. The second-order valence-electron chi connectivity index (χ2n) is 7.40. The van der Waals surface area contributed by atoms with Gasteiger partial charge in [-0.1, -0.05) is 42.0 Å². The fourth-order valence-electron chi connectivity index (χ4n) is 3.50. The summed E-state index contributed by atoms with van der Waals surface area (Å²) in [6.07, 6.45) is 2.20. The molecule has 1 fully saturated rings. The molecule has 0 aromatic heterocycles. The van der Waals surface area contributed by atoms with Crippen LogP contribution in [0.25, 0.3) is 0 Å². The van der Waals surface area contributed by atoms with Crippen molar-refractivity contribution < 1.29 is 9.18 Å². The molecule has 0 radical (unpaired) electrons. The van der Waals surface area contributed by atoms with E-state index in [0.717, 1.165) is 38.0 Å². The Morgan fingerprint density at radius 1 is 1.07 bits per heavy atom. The SMILES string of the molecule is Cc1cccc(CN2CCC(CNC(=O)NCc3ccc(F)cc3)CC2)c1. The minimum Gasteiger partial charge on any atom is -0.338 e. The number of hydrogen-bond acceptors (Lipinski definition) is 2. The molecular formula is C22H28FN3O. The van der Waals surface area contributed by atoms with Gasteiger partial charge in [0, 0.05) is 19.6 Å². The van der Waals surface area contributed by atoms with E-state index in [4.69, 9.17) is 0 Å². The first-order valence-corrected chi connectivity index (χ1v) is 9.62. The van der Waals surface area contributed by atoms with E-state index in [0.29, 0.717) is 19.0 Å². The molecule has 2 amide bonds. The van der Waals surface area contributed by atoms with Crippen molar-refractivity contribution in [2.24, 2.45) is 5.92 Å². The molecule has 2 aromatic rings. The molecular weight excluding hydrogens is 341 g/mol. The zero-order valence-corrected chi connectivity index (χ0v) is 15.9. The van der Waals surface area contributed by atoms with Gasteiger partial charge in [0.05, 0.1) is 0 Å². The van der Waals surface area contributed by atoms with E-state index in [1.165, 1.54) is 23.3 Å². The Kier molecular flexibility index (Phi) is 6.82. The molecule has 144 valence electrons. The van der Waals surface area contributed by atoms with Crippen LogP contribution in [-0.4, -0.2) is 30.6 Å². The Bertz CT molecular complexity index is 739. The number of nitrogens with one attached hydrogen (secondary N) is 2. The van der Waals surface area contributed by atoms with Crippen molar-refractivity contribution in [3.63, 3.8) is 0 Å². The van der Waals surface area contributed by atoms with Crippen molar-refractivity contribution in [1.29, 1.82) is 0 Å². The molecule has 1 saturated heterocycles. The van der Waals surface area contributed by atoms with Gasteiger partial charge in [-0.2, -0.15) is 0 Å². The van der Waals surface area contributed by atoms with E-state index in [1.54, 1.807) is 12.1 Å². The molecule has 1 aliphatic rings. The molecule has 0 aliphatic carbocycles. The van der Waals surface area contributed by atoms with E-state index in [-0.39, 0.29) is 11.8 Å². The Hall–Kier alpha value is -2.40. The number of piperidine rings is 1. The lowest BCUT2D eigenvalue weighted by Crippen LogP contribution is -2.41. The van der Waals surface area contributed by atoms with Crippen LogP contribution in [-0.2, 0) is 13.1 Å². The third-order valence-electron chi connectivity index (χ3n) is 5.11. The lowest BCUT2D eigenvalue weighted by molar-refractivity contribution is 0.175. The van der Waals surface area contributed by atoms with E-state index < -0.39 is 0 Å². The van der Waals surface area contributed by atoms with E-state index in [1.807, 2.05) is 0 Å². The average molecular weight is 369 g/mol. The van der Waals surface area contributed by atoms with Crippen LogP contribution in [0, 0.1) is 18.7 Å². The molecule has 0 atom stereocenters. The maximum atomic E-state index is 12.9. The van der Waals surface area contributed by atoms with Crippen LogP contribution in [0.2, 0.25) is 0 Å². The first-order chi connectivity index (χ1) is 13.1. The maximum absolute atomic E-state index is 12.9. The number of benzene rings is 2. The highest BCUT2D eigenvalue weighted by Gasteiger charge is 2.19. The fraction of sp³-hybridized carbons (Fsp3) is 0.409. The predicted molar refractivity (Wildman–Crippen MR) is 106 cm³/mol. The van der Waals surface area contributed by atoms with Crippen molar-refractivity contribution in [3.8, 4) is 0 Å². The molecule has 0 unspecified atom stereocenters. The average Bonchev–Trinajstić information content (AvgIpc) is 2.67. The van der Waals surface area contributed by atoms with Gasteiger partial charge < -0.3 is 10.6 Å². The Morgan fingerprint density at radius 3 is 2.52 bits per heavy atom. The van der Waals surface area contributed by atoms with Gasteiger partial charge in [0.1, 0.15) is 5.82 Å². The lowest BCUT2D eigenvalue weighted by atomic mass is 9.96. The zero-order chi connectivity index (χ0) is 19.1. The number of aryl methyl sites for hydroxylation is 1. The zero-order valence-electron chi connectivity index (χ0n) is 15.9. The Balaban J connectivity index is 1.33. The molecule has 0 bridgehead atoms. The Labute approximate surface area is 160 Å². The summed E-state index contributed by atoms with van der Waals surface area (Å²) in [7, 11) is 0. The number of nitrogens with zero attached hydrogens (tertiary/aromatic N) is 1. The van der Waals surface area contributed by atoms with Crippen LogP contribution in [0.3, 0.4) is 0 Å². The second kappa shape index (κ2) is 9.51. The van der Waals surface area contributed by atoms with Gasteiger partial charge in [-0.15, -0.1) is 0 Å². The molecule has 2 aromatic carbocycles. The van der Waals surface area contributed by atoms with Crippen molar-refractivity contribution in [3.05, 3.63) is 71.0 Å². The smallest absolute Gasteiger partial charge is 0.315 e. The van der Waals surface area contributed by atoms with Gasteiger partial charge in [-0.3, -0.25) is 4.90 Å². The Morgan fingerprint density at radius 2 is 1.81 bits per heavy atom. The second-order valence-corrected chi connectivity index (χ2v) is 7.40. The predicted octanol–water partition coefficient (Wildman–Crippen LogP) is 3.85. The van der Waals surface area contributed by atoms with E-state index >= 15 is 0 Å². The van der Waals surface area contributed by atoms with Crippen LogP contribution >= 0.6 is 0 Å². The molecule has 1 aliphatic heterocycles. The minimum absolute atomic E-state index is 0.165. The van der Waals surface area contributed by atoms with Gasteiger partial charge in [0.2, 0.25) is 0 Å².